The number of halogens is 17. The molecule has 0 rings (SSSR count). The summed E-state index contributed by atoms with van der Waals surface area (Å²) in [5.41, 5.74) is -6.68. The SMILES string of the molecule is CC(F)(C(F)(F)F)C(F)(F)C(F)(F)C(F)(F)C(F)(F)C(F)(F)C(F)(F)CC(I)CO. The number of rotatable bonds is 9. The van der Waals surface area contributed by atoms with Crippen LogP contribution >= 0.6 is 22.6 Å². The van der Waals surface area contributed by atoms with Crippen LogP contribution in [-0.2, 0) is 0 Å². The minimum absolute atomic E-state index is 0.730. The van der Waals surface area contributed by atoms with Gasteiger partial charge >= 0.3 is 41.7 Å². The van der Waals surface area contributed by atoms with Crippen LogP contribution in [0.3, 0.4) is 0 Å². The third-order valence-corrected chi connectivity index (χ3v) is 4.67. The highest BCUT2D eigenvalue weighted by Crippen LogP contribution is 2.63. The molecule has 182 valence electrons. The highest BCUT2D eigenvalue weighted by molar-refractivity contribution is 14.1. The van der Waals surface area contributed by atoms with Crippen LogP contribution in [0.1, 0.15) is 13.3 Å². The maximum absolute atomic E-state index is 13.5. The Balaban J connectivity index is 6.62. The summed E-state index contributed by atoms with van der Waals surface area (Å²) < 4.78 is 209. The average Bonchev–Trinajstić information content (AvgIpc) is 2.51. The number of hydrogen-bond donors (Lipinski definition) is 1. The zero-order chi connectivity index (χ0) is 25.0. The summed E-state index contributed by atoms with van der Waals surface area (Å²) in [6.45, 7) is -2.90. The Labute approximate surface area is 169 Å². The van der Waals surface area contributed by atoms with E-state index in [1.165, 1.54) is 0 Å². The molecule has 0 aromatic rings. The van der Waals surface area contributed by atoms with Gasteiger partial charge in [-0.3, -0.25) is 0 Å². The molecule has 1 N–H and O–H groups in total. The Morgan fingerprint density at radius 3 is 1.20 bits per heavy atom. The summed E-state index contributed by atoms with van der Waals surface area (Å²) in [4.78, 5) is 0. The lowest BCUT2D eigenvalue weighted by Gasteiger charge is -2.44. The van der Waals surface area contributed by atoms with Crippen LogP contribution in [0.15, 0.2) is 0 Å². The van der Waals surface area contributed by atoms with E-state index in [-0.39, 0.29) is 0 Å². The van der Waals surface area contributed by atoms with E-state index in [4.69, 9.17) is 5.11 Å². The highest BCUT2D eigenvalue weighted by Gasteiger charge is 2.93. The topological polar surface area (TPSA) is 20.2 Å². The van der Waals surface area contributed by atoms with Gasteiger partial charge in [-0.2, -0.15) is 65.9 Å². The average molecular weight is 600 g/mol. The minimum Gasteiger partial charge on any atom is -0.395 e. The fourth-order valence-corrected chi connectivity index (χ4v) is 2.32. The quantitative estimate of drug-likeness (QED) is 0.188. The zero-order valence-electron chi connectivity index (χ0n) is 13.9. The maximum Gasteiger partial charge on any atom is 0.428 e. The Hall–Kier alpha value is -0.430. The molecule has 18 heteroatoms. The molecular formula is C12H9F16IO. The van der Waals surface area contributed by atoms with Gasteiger partial charge in [0.25, 0.3) is 5.67 Å². The third kappa shape index (κ3) is 4.02. The summed E-state index contributed by atoms with van der Waals surface area (Å²) in [5.74, 6) is -46.4. The van der Waals surface area contributed by atoms with Gasteiger partial charge in [0.1, 0.15) is 0 Å². The van der Waals surface area contributed by atoms with Crippen molar-refractivity contribution in [3.05, 3.63) is 0 Å². The van der Waals surface area contributed by atoms with Gasteiger partial charge in [0, 0.05) is 10.3 Å². The second-order valence-electron chi connectivity index (χ2n) is 6.06. The van der Waals surface area contributed by atoms with Crippen molar-refractivity contribution in [2.75, 3.05) is 6.61 Å². The van der Waals surface area contributed by atoms with Crippen molar-refractivity contribution < 1.29 is 75.4 Å². The number of hydrogen-bond acceptors (Lipinski definition) is 1. The largest absolute Gasteiger partial charge is 0.428 e. The van der Waals surface area contributed by atoms with Crippen molar-refractivity contribution in [3.8, 4) is 0 Å². The normalized spacial score (nSPS) is 18.9. The van der Waals surface area contributed by atoms with E-state index in [0.29, 0.717) is 0 Å². The van der Waals surface area contributed by atoms with Gasteiger partial charge in [0.15, 0.2) is 0 Å². The number of alkyl halides is 17. The van der Waals surface area contributed by atoms with Gasteiger partial charge in [-0.05, 0) is 6.92 Å². The highest BCUT2D eigenvalue weighted by atomic mass is 127. The van der Waals surface area contributed by atoms with Crippen LogP contribution in [0.25, 0.3) is 0 Å². The number of aliphatic hydroxyl groups is 1. The van der Waals surface area contributed by atoms with E-state index in [1.54, 1.807) is 0 Å². The van der Waals surface area contributed by atoms with E-state index in [0.717, 1.165) is 22.6 Å². The summed E-state index contributed by atoms with van der Waals surface area (Å²) in [6.07, 6.45) is -9.67. The van der Waals surface area contributed by atoms with Gasteiger partial charge in [-0.25, -0.2) is 4.39 Å². The molecule has 0 aliphatic heterocycles. The van der Waals surface area contributed by atoms with E-state index in [1.807, 2.05) is 0 Å². The van der Waals surface area contributed by atoms with E-state index >= 15 is 0 Å². The molecule has 0 aromatic heterocycles. The predicted molar refractivity (Wildman–Crippen MR) is 74.8 cm³/mol. The monoisotopic (exact) mass is 600 g/mol. The molecule has 0 bridgehead atoms. The molecule has 0 aliphatic carbocycles. The van der Waals surface area contributed by atoms with Crippen LogP contribution < -0.4 is 0 Å². The van der Waals surface area contributed by atoms with Crippen molar-refractivity contribution in [2.45, 2.75) is 64.6 Å². The molecule has 0 radical (unpaired) electrons. The Bertz CT molecular complexity index is 610. The van der Waals surface area contributed by atoms with E-state index in [9.17, 15) is 70.2 Å². The lowest BCUT2D eigenvalue weighted by atomic mass is 9.84. The summed E-state index contributed by atoms with van der Waals surface area (Å²) in [6, 6.07) is 0. The molecule has 0 spiro atoms. The Morgan fingerprint density at radius 1 is 0.600 bits per heavy atom. The van der Waals surface area contributed by atoms with E-state index < -0.39 is 71.3 Å². The molecular weight excluding hydrogens is 591 g/mol. The van der Waals surface area contributed by atoms with Crippen molar-refractivity contribution in [1.82, 2.24) is 0 Å². The van der Waals surface area contributed by atoms with Gasteiger partial charge in [0.2, 0.25) is 0 Å². The summed E-state index contributed by atoms with van der Waals surface area (Å²) in [5, 5.41) is 8.44. The van der Waals surface area contributed by atoms with Gasteiger partial charge in [-0.15, -0.1) is 0 Å². The summed E-state index contributed by atoms with van der Waals surface area (Å²) >= 11 is 0.730. The Kier molecular flexibility index (Phi) is 7.75. The van der Waals surface area contributed by atoms with Crippen LogP contribution in [0, 0.1) is 0 Å². The van der Waals surface area contributed by atoms with Crippen LogP contribution in [0.5, 0.6) is 0 Å². The van der Waals surface area contributed by atoms with Crippen LogP contribution in [0.4, 0.5) is 70.2 Å². The van der Waals surface area contributed by atoms with E-state index in [2.05, 4.69) is 0 Å². The van der Waals surface area contributed by atoms with Gasteiger partial charge < -0.3 is 5.11 Å². The second-order valence-corrected chi connectivity index (χ2v) is 7.82. The van der Waals surface area contributed by atoms with Crippen molar-refractivity contribution >= 4 is 22.6 Å². The predicted octanol–water partition coefficient (Wildman–Crippen LogP) is 6.27. The lowest BCUT2D eigenvalue weighted by molar-refractivity contribution is -0.445. The molecule has 0 fully saturated rings. The molecule has 1 nitrogen and oxygen atoms in total. The fourth-order valence-electron chi connectivity index (χ4n) is 1.76. The molecule has 0 aliphatic rings. The van der Waals surface area contributed by atoms with Crippen LogP contribution in [0.2, 0.25) is 0 Å². The zero-order valence-corrected chi connectivity index (χ0v) is 16.0. The van der Waals surface area contributed by atoms with Crippen molar-refractivity contribution in [3.63, 3.8) is 0 Å². The van der Waals surface area contributed by atoms with Crippen molar-refractivity contribution in [2.24, 2.45) is 0 Å². The fraction of sp³-hybridized carbons (Fsp3) is 1.00. The standard InChI is InChI=1S/C12H9F16IO/c1-5(13,12(26,27)28)7(16,17)9(20,21)11(24,25)10(22,23)8(18,19)6(14,15)2-4(29)3-30/h4,30H,2-3H2,1H3. The molecule has 2 unspecified atom stereocenters. The minimum atomic E-state index is -8.32. The molecule has 0 amide bonds. The second kappa shape index (κ2) is 7.86. The van der Waals surface area contributed by atoms with Gasteiger partial charge in [0.05, 0.1) is 6.61 Å². The molecule has 0 saturated heterocycles. The number of aliphatic hydroxyl groups excluding tert-OH is 1. The Morgan fingerprint density at radius 2 is 0.900 bits per heavy atom. The molecule has 0 saturated carbocycles. The smallest absolute Gasteiger partial charge is 0.395 e. The third-order valence-electron chi connectivity index (χ3n) is 3.83. The summed E-state index contributed by atoms with van der Waals surface area (Å²) in [7, 11) is 0. The molecule has 0 aromatic carbocycles. The molecule has 0 heterocycles. The first-order valence-electron chi connectivity index (χ1n) is 6.98. The van der Waals surface area contributed by atoms with Crippen LogP contribution in [-0.4, -0.2) is 63.0 Å². The molecule has 2 atom stereocenters. The lowest BCUT2D eigenvalue weighted by Crippen LogP contribution is -2.74. The first-order valence-corrected chi connectivity index (χ1v) is 8.22. The van der Waals surface area contributed by atoms with Gasteiger partial charge in [-0.1, -0.05) is 22.6 Å². The first kappa shape index (κ1) is 29.6. The maximum atomic E-state index is 13.5. The first-order chi connectivity index (χ1) is 12.7. The molecule has 30 heavy (non-hydrogen) atoms. The van der Waals surface area contributed by atoms with Crippen molar-refractivity contribution in [1.29, 1.82) is 0 Å².